The molecule has 25 heavy (non-hydrogen) atoms. The van der Waals surface area contributed by atoms with E-state index in [1.807, 2.05) is 18.4 Å². The lowest BCUT2D eigenvalue weighted by molar-refractivity contribution is -0.130. The maximum atomic E-state index is 14.2. The second kappa shape index (κ2) is 7.58. The van der Waals surface area contributed by atoms with E-state index in [-0.39, 0.29) is 28.3 Å². The minimum atomic E-state index is -0.353. The fraction of sp³-hybridized carbons (Fsp3) is 0.333. The third-order valence-electron chi connectivity index (χ3n) is 4.17. The van der Waals surface area contributed by atoms with Crippen molar-refractivity contribution in [3.05, 3.63) is 58.0 Å². The Morgan fingerprint density at radius 2 is 2.04 bits per heavy atom. The fourth-order valence-corrected chi connectivity index (χ4v) is 4.82. The average Bonchev–Trinajstić information content (AvgIpc) is 3.22. The number of amides is 2. The predicted octanol–water partition coefficient (Wildman–Crippen LogP) is 3.62. The smallest absolute Gasteiger partial charge is 0.263 e. The van der Waals surface area contributed by atoms with Gasteiger partial charge in [0.05, 0.1) is 10.1 Å². The Morgan fingerprint density at radius 1 is 1.28 bits per heavy atom. The van der Waals surface area contributed by atoms with E-state index in [0.29, 0.717) is 23.5 Å². The highest BCUT2D eigenvalue weighted by molar-refractivity contribution is 8.01. The topological polar surface area (TPSA) is 40.6 Å². The molecule has 2 amide bonds. The monoisotopic (exact) mass is 378 g/mol. The summed E-state index contributed by atoms with van der Waals surface area (Å²) in [5.41, 5.74) is 0.512. The number of thioether (sulfide) groups is 1. The Bertz CT molecular complexity index is 766. The molecule has 1 aromatic heterocycles. The third-order valence-corrected chi connectivity index (χ3v) is 6.41. The first-order chi connectivity index (χ1) is 12.0. The average molecular weight is 378 g/mol. The molecule has 1 aliphatic heterocycles. The van der Waals surface area contributed by atoms with Crippen molar-refractivity contribution in [2.24, 2.45) is 0 Å². The van der Waals surface area contributed by atoms with Gasteiger partial charge in [-0.3, -0.25) is 9.59 Å². The van der Waals surface area contributed by atoms with Crippen molar-refractivity contribution < 1.29 is 14.0 Å². The molecule has 7 heteroatoms. The van der Waals surface area contributed by atoms with Crippen LogP contribution < -0.4 is 0 Å². The van der Waals surface area contributed by atoms with Crippen LogP contribution in [-0.4, -0.2) is 47.0 Å². The van der Waals surface area contributed by atoms with Crippen molar-refractivity contribution in [1.29, 1.82) is 0 Å². The number of carbonyl (C=O) groups is 2. The van der Waals surface area contributed by atoms with Crippen molar-refractivity contribution >= 4 is 34.9 Å². The number of rotatable bonds is 5. The van der Waals surface area contributed by atoms with Crippen LogP contribution in [0.4, 0.5) is 4.39 Å². The van der Waals surface area contributed by atoms with E-state index in [1.165, 1.54) is 29.2 Å². The minimum absolute atomic E-state index is 0.0183. The van der Waals surface area contributed by atoms with Gasteiger partial charge in [-0.05, 0) is 24.4 Å². The number of hydrogen-bond donors (Lipinski definition) is 0. The van der Waals surface area contributed by atoms with Gasteiger partial charge in [-0.1, -0.05) is 24.3 Å². The van der Waals surface area contributed by atoms with E-state index in [0.717, 1.165) is 0 Å². The van der Waals surface area contributed by atoms with Crippen molar-refractivity contribution in [2.45, 2.75) is 17.5 Å². The van der Waals surface area contributed by atoms with Crippen molar-refractivity contribution in [3.8, 4) is 0 Å². The largest absolute Gasteiger partial charge is 0.339 e. The number of hydrogen-bond acceptors (Lipinski definition) is 4. The van der Waals surface area contributed by atoms with E-state index in [2.05, 4.69) is 0 Å². The summed E-state index contributed by atoms with van der Waals surface area (Å²) < 4.78 is 14.2. The van der Waals surface area contributed by atoms with Gasteiger partial charge in [0.15, 0.2) is 0 Å². The van der Waals surface area contributed by atoms with Gasteiger partial charge in [0.1, 0.15) is 11.2 Å². The highest BCUT2D eigenvalue weighted by Crippen LogP contribution is 2.43. The van der Waals surface area contributed by atoms with Crippen molar-refractivity contribution in [2.75, 3.05) is 20.1 Å². The van der Waals surface area contributed by atoms with E-state index >= 15 is 0 Å². The lowest BCUT2D eigenvalue weighted by Crippen LogP contribution is -2.39. The summed E-state index contributed by atoms with van der Waals surface area (Å²) in [4.78, 5) is 28.8. The van der Waals surface area contributed by atoms with Gasteiger partial charge in [-0.2, -0.15) is 0 Å². The second-order valence-electron chi connectivity index (χ2n) is 5.89. The van der Waals surface area contributed by atoms with Crippen LogP contribution in [0.1, 0.15) is 27.5 Å². The molecule has 0 aliphatic carbocycles. The molecule has 0 radical (unpaired) electrons. The van der Waals surface area contributed by atoms with Gasteiger partial charge in [0.25, 0.3) is 5.91 Å². The summed E-state index contributed by atoms with van der Waals surface area (Å²) in [7, 11) is 1.72. The van der Waals surface area contributed by atoms with Crippen molar-refractivity contribution in [1.82, 2.24) is 9.80 Å². The number of thiophene rings is 1. The lowest BCUT2D eigenvalue weighted by atomic mass is 10.2. The van der Waals surface area contributed by atoms with Crippen LogP contribution in [0.3, 0.4) is 0 Å². The molecule has 2 atom stereocenters. The molecule has 3 rings (SSSR count). The zero-order valence-corrected chi connectivity index (χ0v) is 15.6. The first-order valence-corrected chi connectivity index (χ1v) is 9.80. The highest BCUT2D eigenvalue weighted by atomic mass is 32.2. The zero-order valence-electron chi connectivity index (χ0n) is 14.0. The summed E-state index contributed by atoms with van der Waals surface area (Å²) in [6.07, 6.45) is 0. The standard InChI is InChI=1S/C18H19FN2O2S2/c1-12-16(22)21(18(25-12)13-6-3-4-7-14(13)19)10-9-20(2)17(23)15-8-5-11-24-15/h3-8,11-12,18H,9-10H2,1-2H3/t12-,18-/m1/s1. The van der Waals surface area contributed by atoms with Gasteiger partial charge >= 0.3 is 0 Å². The van der Waals surface area contributed by atoms with Gasteiger partial charge in [0, 0.05) is 25.7 Å². The van der Waals surface area contributed by atoms with E-state index in [9.17, 15) is 14.0 Å². The van der Waals surface area contributed by atoms with Gasteiger partial charge in [0.2, 0.25) is 5.91 Å². The fourth-order valence-electron chi connectivity index (χ4n) is 2.77. The molecule has 0 N–H and O–H groups in total. The lowest BCUT2D eigenvalue weighted by Gasteiger charge is -2.27. The Balaban J connectivity index is 1.72. The summed E-state index contributed by atoms with van der Waals surface area (Å²) >= 11 is 2.83. The maximum Gasteiger partial charge on any atom is 0.263 e. The molecule has 2 aromatic rings. The number of benzene rings is 1. The summed E-state index contributed by atoms with van der Waals surface area (Å²) in [5, 5.41) is 1.29. The second-order valence-corrected chi connectivity index (χ2v) is 8.26. The normalized spacial score (nSPS) is 20.1. The molecular weight excluding hydrogens is 359 g/mol. The third kappa shape index (κ3) is 3.72. The SMILES string of the molecule is C[C@H]1S[C@H](c2ccccc2F)N(CCN(C)C(=O)c2cccs2)C1=O. The molecular formula is C18H19FN2O2S2. The van der Waals surface area contributed by atoms with Crippen LogP contribution in [0.25, 0.3) is 0 Å². The highest BCUT2D eigenvalue weighted by Gasteiger charge is 2.39. The molecule has 132 valence electrons. The molecule has 1 aromatic carbocycles. The molecule has 1 aliphatic rings. The summed E-state index contributed by atoms with van der Waals surface area (Å²) in [6.45, 7) is 2.62. The molecule has 2 heterocycles. The number of halogens is 1. The quantitative estimate of drug-likeness (QED) is 0.798. The number of likely N-dealkylation sites (N-methyl/N-ethyl adjacent to an activating group) is 1. The Kier molecular flexibility index (Phi) is 5.44. The van der Waals surface area contributed by atoms with Crippen LogP contribution in [-0.2, 0) is 4.79 Å². The zero-order chi connectivity index (χ0) is 18.0. The van der Waals surface area contributed by atoms with E-state index in [4.69, 9.17) is 0 Å². The van der Waals surface area contributed by atoms with Crippen LogP contribution in [0.2, 0.25) is 0 Å². The maximum absolute atomic E-state index is 14.2. The Hall–Kier alpha value is -1.86. The molecule has 0 unspecified atom stereocenters. The van der Waals surface area contributed by atoms with Crippen LogP contribution in [0, 0.1) is 5.82 Å². The number of nitrogens with zero attached hydrogens (tertiary/aromatic N) is 2. The first-order valence-electron chi connectivity index (χ1n) is 7.98. The molecule has 0 saturated carbocycles. The van der Waals surface area contributed by atoms with E-state index in [1.54, 1.807) is 41.1 Å². The van der Waals surface area contributed by atoms with Crippen LogP contribution in [0.5, 0.6) is 0 Å². The predicted molar refractivity (Wildman–Crippen MR) is 99.2 cm³/mol. The number of carbonyl (C=O) groups excluding carboxylic acids is 2. The van der Waals surface area contributed by atoms with Crippen molar-refractivity contribution in [3.63, 3.8) is 0 Å². The molecule has 4 nitrogen and oxygen atoms in total. The molecule has 0 spiro atoms. The van der Waals surface area contributed by atoms with Gasteiger partial charge < -0.3 is 9.80 Å². The summed E-state index contributed by atoms with van der Waals surface area (Å²) in [6, 6.07) is 10.2. The Labute approximate surface area is 154 Å². The van der Waals surface area contributed by atoms with Crippen LogP contribution in [0.15, 0.2) is 41.8 Å². The molecule has 0 bridgehead atoms. The van der Waals surface area contributed by atoms with E-state index < -0.39 is 0 Å². The molecule has 1 fully saturated rings. The first kappa shape index (κ1) is 17.9. The minimum Gasteiger partial charge on any atom is -0.339 e. The van der Waals surface area contributed by atoms with Gasteiger partial charge in [-0.15, -0.1) is 23.1 Å². The Morgan fingerprint density at radius 3 is 2.72 bits per heavy atom. The summed E-state index contributed by atoms with van der Waals surface area (Å²) in [5.74, 6) is -0.394. The molecule has 1 saturated heterocycles. The van der Waals surface area contributed by atoms with Crippen LogP contribution >= 0.6 is 23.1 Å². The van der Waals surface area contributed by atoms with Gasteiger partial charge in [-0.25, -0.2) is 4.39 Å².